The van der Waals surface area contributed by atoms with Crippen molar-refractivity contribution in [1.82, 2.24) is 20.4 Å². The highest BCUT2D eigenvalue weighted by Gasteiger charge is 2.26. The van der Waals surface area contributed by atoms with Gasteiger partial charge in [0.05, 0.1) is 6.10 Å². The Labute approximate surface area is 156 Å². The van der Waals surface area contributed by atoms with Crippen molar-refractivity contribution in [2.45, 2.75) is 51.2 Å². The number of likely N-dealkylation sites (N-methyl/N-ethyl adjacent to an activating group) is 1. The van der Waals surface area contributed by atoms with Crippen molar-refractivity contribution in [1.29, 1.82) is 0 Å². The molecule has 2 rings (SSSR count). The Hall–Kier alpha value is -1.83. The maximum atomic E-state index is 11.9. The van der Waals surface area contributed by atoms with E-state index in [0.717, 1.165) is 32.4 Å². The fourth-order valence-electron chi connectivity index (χ4n) is 3.14. The average molecular weight is 367 g/mol. The molecule has 26 heavy (non-hydrogen) atoms. The molecule has 0 aromatic rings. The topological polar surface area (TPSA) is 86.3 Å². The fraction of sp³-hybridized carbons (Fsp3) is 0.833. The summed E-state index contributed by atoms with van der Waals surface area (Å²) < 4.78 is 5.75. The van der Waals surface area contributed by atoms with Crippen molar-refractivity contribution in [2.24, 2.45) is 4.99 Å². The van der Waals surface area contributed by atoms with Gasteiger partial charge < -0.3 is 25.2 Å². The number of likely N-dealkylation sites (tertiary alicyclic amines) is 1. The first kappa shape index (κ1) is 20.5. The van der Waals surface area contributed by atoms with Crippen LogP contribution in [-0.4, -0.2) is 86.6 Å². The molecule has 2 saturated heterocycles. The van der Waals surface area contributed by atoms with E-state index < -0.39 is 0 Å². The first-order chi connectivity index (χ1) is 12.5. The zero-order valence-electron chi connectivity index (χ0n) is 16.3. The SMILES string of the molecule is CCC(=O)N1CCC(NC(=NCC(=O)N(C)C)NCC2CCCCO2)C1. The minimum Gasteiger partial charge on any atom is -0.376 e. The number of hydrogen-bond acceptors (Lipinski definition) is 4. The van der Waals surface area contributed by atoms with Crippen LogP contribution in [0.25, 0.3) is 0 Å². The van der Waals surface area contributed by atoms with Crippen LogP contribution in [0.5, 0.6) is 0 Å². The highest BCUT2D eigenvalue weighted by Crippen LogP contribution is 2.12. The van der Waals surface area contributed by atoms with Crippen LogP contribution in [0.4, 0.5) is 0 Å². The van der Waals surface area contributed by atoms with E-state index in [9.17, 15) is 9.59 Å². The lowest BCUT2D eigenvalue weighted by molar-refractivity contribution is -0.130. The van der Waals surface area contributed by atoms with Gasteiger partial charge >= 0.3 is 0 Å². The molecule has 2 atom stereocenters. The summed E-state index contributed by atoms with van der Waals surface area (Å²) in [5.74, 6) is 0.749. The molecule has 0 bridgehead atoms. The van der Waals surface area contributed by atoms with Gasteiger partial charge in [-0.3, -0.25) is 9.59 Å². The molecule has 0 saturated carbocycles. The predicted octanol–water partition coefficient (Wildman–Crippen LogP) is 0.190. The van der Waals surface area contributed by atoms with Crippen molar-refractivity contribution >= 4 is 17.8 Å². The summed E-state index contributed by atoms with van der Waals surface area (Å²) in [6.45, 7) is 4.90. The monoisotopic (exact) mass is 367 g/mol. The third kappa shape index (κ3) is 6.48. The number of amides is 2. The highest BCUT2D eigenvalue weighted by molar-refractivity contribution is 5.85. The van der Waals surface area contributed by atoms with Gasteiger partial charge in [0.1, 0.15) is 6.54 Å². The minimum absolute atomic E-state index is 0.0470. The Bertz CT molecular complexity index is 503. The highest BCUT2D eigenvalue weighted by atomic mass is 16.5. The van der Waals surface area contributed by atoms with E-state index in [2.05, 4.69) is 15.6 Å². The molecule has 0 aliphatic carbocycles. The molecule has 2 unspecified atom stereocenters. The summed E-state index contributed by atoms with van der Waals surface area (Å²) >= 11 is 0. The zero-order chi connectivity index (χ0) is 18.9. The van der Waals surface area contributed by atoms with Crippen LogP contribution in [0.1, 0.15) is 39.0 Å². The van der Waals surface area contributed by atoms with Gasteiger partial charge in [0.2, 0.25) is 11.8 Å². The maximum Gasteiger partial charge on any atom is 0.243 e. The minimum atomic E-state index is -0.0470. The number of nitrogens with zero attached hydrogens (tertiary/aromatic N) is 3. The molecule has 2 heterocycles. The second-order valence-electron chi connectivity index (χ2n) is 7.15. The van der Waals surface area contributed by atoms with Crippen LogP contribution in [0.2, 0.25) is 0 Å². The van der Waals surface area contributed by atoms with Crippen LogP contribution in [0.15, 0.2) is 4.99 Å². The Morgan fingerprint density at radius 1 is 1.27 bits per heavy atom. The van der Waals surface area contributed by atoms with E-state index in [4.69, 9.17) is 4.74 Å². The molecule has 0 aromatic heterocycles. The Morgan fingerprint density at radius 2 is 2.08 bits per heavy atom. The molecular weight excluding hydrogens is 334 g/mol. The summed E-state index contributed by atoms with van der Waals surface area (Å²) in [4.78, 5) is 31.5. The molecule has 8 nitrogen and oxygen atoms in total. The lowest BCUT2D eigenvalue weighted by Gasteiger charge is -2.25. The van der Waals surface area contributed by atoms with Crippen molar-refractivity contribution < 1.29 is 14.3 Å². The molecule has 2 fully saturated rings. The third-order valence-corrected chi connectivity index (χ3v) is 4.83. The second kappa shape index (κ2) is 10.4. The van der Waals surface area contributed by atoms with E-state index in [-0.39, 0.29) is 30.5 Å². The van der Waals surface area contributed by atoms with Crippen LogP contribution >= 0.6 is 0 Å². The number of nitrogens with one attached hydrogen (secondary N) is 2. The molecule has 8 heteroatoms. The standard InChI is InChI=1S/C18H33N5O3/c1-4-16(24)23-9-8-14(13-23)21-18(20-12-17(25)22(2)3)19-11-15-7-5-6-10-26-15/h14-15H,4-13H2,1-3H3,(H2,19,20,21). The van der Waals surface area contributed by atoms with Gasteiger partial charge in [-0.1, -0.05) is 6.92 Å². The van der Waals surface area contributed by atoms with Gasteiger partial charge in [0, 0.05) is 52.8 Å². The van der Waals surface area contributed by atoms with Crippen LogP contribution < -0.4 is 10.6 Å². The normalized spacial score (nSPS) is 23.7. The quantitative estimate of drug-likeness (QED) is 0.517. The number of carbonyl (C=O) groups is 2. The lowest BCUT2D eigenvalue weighted by Crippen LogP contribution is -2.48. The van der Waals surface area contributed by atoms with Crippen molar-refractivity contribution in [2.75, 3.05) is 46.9 Å². The molecule has 2 aliphatic rings. The summed E-state index contributed by atoms with van der Waals surface area (Å²) in [5.41, 5.74) is 0. The van der Waals surface area contributed by atoms with Crippen molar-refractivity contribution in [3.63, 3.8) is 0 Å². The molecule has 0 spiro atoms. The zero-order valence-corrected chi connectivity index (χ0v) is 16.3. The van der Waals surface area contributed by atoms with Gasteiger partial charge in [0.25, 0.3) is 0 Å². The molecule has 2 N–H and O–H groups in total. The Morgan fingerprint density at radius 3 is 2.73 bits per heavy atom. The predicted molar refractivity (Wildman–Crippen MR) is 101 cm³/mol. The van der Waals surface area contributed by atoms with Crippen LogP contribution in [0.3, 0.4) is 0 Å². The summed E-state index contributed by atoms with van der Waals surface area (Å²) in [6.07, 6.45) is 4.94. The van der Waals surface area contributed by atoms with E-state index in [0.29, 0.717) is 25.5 Å². The second-order valence-corrected chi connectivity index (χ2v) is 7.15. The maximum absolute atomic E-state index is 11.9. The van der Waals surface area contributed by atoms with E-state index in [1.165, 1.54) is 11.3 Å². The smallest absolute Gasteiger partial charge is 0.243 e. The van der Waals surface area contributed by atoms with Crippen molar-refractivity contribution in [3.8, 4) is 0 Å². The molecule has 0 radical (unpaired) electrons. The average Bonchev–Trinajstić information content (AvgIpc) is 3.12. The van der Waals surface area contributed by atoms with Gasteiger partial charge in [-0.25, -0.2) is 4.99 Å². The van der Waals surface area contributed by atoms with Crippen molar-refractivity contribution in [3.05, 3.63) is 0 Å². The Balaban J connectivity index is 1.90. The molecule has 148 valence electrons. The third-order valence-electron chi connectivity index (χ3n) is 4.83. The van der Waals surface area contributed by atoms with Gasteiger partial charge in [0.15, 0.2) is 5.96 Å². The first-order valence-corrected chi connectivity index (χ1v) is 9.64. The van der Waals surface area contributed by atoms with Gasteiger partial charge in [-0.05, 0) is 25.7 Å². The fourth-order valence-corrected chi connectivity index (χ4v) is 3.14. The van der Waals surface area contributed by atoms with E-state index in [1.807, 2.05) is 11.8 Å². The van der Waals surface area contributed by atoms with Crippen LogP contribution in [0, 0.1) is 0 Å². The molecule has 2 aliphatic heterocycles. The van der Waals surface area contributed by atoms with Gasteiger partial charge in [-0.2, -0.15) is 0 Å². The first-order valence-electron chi connectivity index (χ1n) is 9.64. The number of carbonyl (C=O) groups excluding carboxylic acids is 2. The molecule has 0 aromatic carbocycles. The van der Waals surface area contributed by atoms with E-state index >= 15 is 0 Å². The lowest BCUT2D eigenvalue weighted by atomic mass is 10.1. The number of aliphatic imine (C=N–C) groups is 1. The Kier molecular flexibility index (Phi) is 8.15. The number of hydrogen-bond donors (Lipinski definition) is 2. The largest absolute Gasteiger partial charge is 0.376 e. The summed E-state index contributed by atoms with van der Waals surface area (Å²) in [6, 6.07) is 0.151. The van der Waals surface area contributed by atoms with E-state index in [1.54, 1.807) is 14.1 Å². The number of guanidine groups is 1. The van der Waals surface area contributed by atoms with Gasteiger partial charge in [-0.15, -0.1) is 0 Å². The number of rotatable bonds is 6. The molecule has 2 amide bonds. The molecular formula is C18H33N5O3. The summed E-state index contributed by atoms with van der Waals surface area (Å²) in [7, 11) is 3.44. The van der Waals surface area contributed by atoms with Crippen LogP contribution in [-0.2, 0) is 14.3 Å². The summed E-state index contributed by atoms with van der Waals surface area (Å²) in [5, 5.41) is 6.69. The number of ether oxygens (including phenoxy) is 1.